The van der Waals surface area contributed by atoms with Crippen LogP contribution in [-0.2, 0) is 0 Å². The van der Waals surface area contributed by atoms with E-state index >= 15 is 0 Å². The molecule has 0 aliphatic heterocycles. The zero-order valence-corrected chi connectivity index (χ0v) is 8.83. The average Bonchev–Trinajstić information content (AvgIpc) is 2.01. The zero-order valence-electron chi connectivity index (χ0n) is 7.04. The minimum atomic E-state index is -0.767. The second-order valence-electron chi connectivity index (χ2n) is 2.21. The van der Waals surface area contributed by atoms with Gasteiger partial charge in [-0.05, 0) is 0 Å². The number of thiol groups is 2. The van der Waals surface area contributed by atoms with Crippen molar-refractivity contribution >= 4 is 37.2 Å². The van der Waals surface area contributed by atoms with Gasteiger partial charge in [-0.25, -0.2) is 9.86 Å². The summed E-state index contributed by atoms with van der Waals surface area (Å²) in [6.07, 6.45) is 0. The third-order valence-corrected chi connectivity index (χ3v) is 1.52. The maximum absolute atomic E-state index is 10.9. The minimum absolute atomic E-state index is 0.0269. The Labute approximate surface area is 90.3 Å². The lowest BCUT2D eigenvalue weighted by Crippen LogP contribution is -2.28. The first-order chi connectivity index (χ1) is 6.49. The van der Waals surface area contributed by atoms with Gasteiger partial charge >= 0.3 is 6.03 Å². The van der Waals surface area contributed by atoms with Crippen molar-refractivity contribution in [2.75, 3.05) is 12.4 Å². The first-order valence-corrected chi connectivity index (χ1v) is 4.26. The number of anilines is 1. The molecule has 0 aromatic carbocycles. The number of rotatable bonds is 1. The van der Waals surface area contributed by atoms with Crippen LogP contribution in [0.2, 0.25) is 0 Å². The number of urea groups is 1. The van der Waals surface area contributed by atoms with Crippen LogP contribution in [0.3, 0.4) is 0 Å². The number of nitrogens with one attached hydrogen (secondary N) is 1. The van der Waals surface area contributed by atoms with Crippen LogP contribution < -0.4 is 5.32 Å². The highest BCUT2D eigenvalue weighted by atomic mass is 32.1. The van der Waals surface area contributed by atoms with E-state index in [1.54, 1.807) is 0 Å². The Morgan fingerprint density at radius 3 is 2.29 bits per heavy atom. The number of hydrogen-bond acceptors (Lipinski definition) is 7. The molecule has 0 fully saturated rings. The molecule has 0 saturated heterocycles. The third kappa shape index (κ3) is 3.01. The van der Waals surface area contributed by atoms with E-state index < -0.39 is 6.03 Å². The molecule has 0 unspecified atom stereocenters. The van der Waals surface area contributed by atoms with Crippen molar-refractivity contribution in [2.24, 2.45) is 0 Å². The summed E-state index contributed by atoms with van der Waals surface area (Å²) in [4.78, 5) is 22.0. The first kappa shape index (κ1) is 11.0. The first-order valence-electron chi connectivity index (χ1n) is 3.36. The van der Waals surface area contributed by atoms with E-state index in [-0.39, 0.29) is 16.3 Å². The highest BCUT2D eigenvalue weighted by molar-refractivity contribution is 7.80. The van der Waals surface area contributed by atoms with Gasteiger partial charge in [0.05, 0.1) is 0 Å². The maximum atomic E-state index is 10.9. The van der Waals surface area contributed by atoms with Crippen molar-refractivity contribution in [3.63, 3.8) is 0 Å². The molecule has 1 rings (SSSR count). The molecule has 0 bridgehead atoms. The molecule has 0 spiro atoms. The summed E-state index contributed by atoms with van der Waals surface area (Å²) in [5.74, 6) is -0.0269. The summed E-state index contributed by atoms with van der Waals surface area (Å²) >= 11 is 7.72. The van der Waals surface area contributed by atoms with E-state index in [0.717, 1.165) is 0 Å². The average molecular weight is 233 g/mol. The number of carbonyl (C=O) groups excluding carboxylic acids is 1. The number of hydrogen-bond donors (Lipinski definition) is 4. The molecule has 1 aromatic heterocycles. The Morgan fingerprint density at radius 1 is 1.36 bits per heavy atom. The molecule has 9 heteroatoms. The van der Waals surface area contributed by atoms with E-state index in [1.165, 1.54) is 7.05 Å². The highest BCUT2D eigenvalue weighted by Crippen LogP contribution is 2.07. The molecule has 14 heavy (non-hydrogen) atoms. The Bertz CT molecular complexity index is 338. The quantitative estimate of drug-likeness (QED) is 0.318. The summed E-state index contributed by atoms with van der Waals surface area (Å²) < 4.78 is 0. The van der Waals surface area contributed by atoms with E-state index in [1.807, 2.05) is 0 Å². The van der Waals surface area contributed by atoms with Crippen molar-refractivity contribution < 1.29 is 10.0 Å². The van der Waals surface area contributed by atoms with Crippen LogP contribution in [0.25, 0.3) is 0 Å². The minimum Gasteiger partial charge on any atom is -0.285 e. The fourth-order valence-corrected chi connectivity index (χ4v) is 1.04. The fourth-order valence-electron chi connectivity index (χ4n) is 0.586. The van der Waals surface area contributed by atoms with E-state index in [2.05, 4.69) is 45.5 Å². The van der Waals surface area contributed by atoms with Gasteiger partial charge in [-0.1, -0.05) is 0 Å². The second kappa shape index (κ2) is 4.44. The predicted molar refractivity (Wildman–Crippen MR) is 52.9 cm³/mol. The lowest BCUT2D eigenvalue weighted by molar-refractivity contribution is -0.0119. The smallest absolute Gasteiger partial charge is 0.285 e. The molecule has 0 radical (unpaired) electrons. The van der Waals surface area contributed by atoms with Crippen molar-refractivity contribution in [1.82, 2.24) is 20.0 Å². The van der Waals surface area contributed by atoms with Gasteiger partial charge in [-0.15, -0.1) is 25.3 Å². The summed E-state index contributed by atoms with van der Waals surface area (Å²) in [5, 5.41) is 11.5. The van der Waals surface area contributed by atoms with Gasteiger partial charge in [-0.3, -0.25) is 10.5 Å². The monoisotopic (exact) mass is 233 g/mol. The predicted octanol–water partition coefficient (Wildman–Crippen LogP) is 0.302. The van der Waals surface area contributed by atoms with Gasteiger partial charge in [0.25, 0.3) is 0 Å². The largest absolute Gasteiger partial charge is 0.347 e. The lowest BCUT2D eigenvalue weighted by atomic mass is 10.8. The van der Waals surface area contributed by atoms with Crippen LogP contribution in [-0.4, -0.2) is 38.3 Å². The summed E-state index contributed by atoms with van der Waals surface area (Å²) in [6.45, 7) is 0. The van der Waals surface area contributed by atoms with Crippen molar-refractivity contribution in [2.45, 2.75) is 10.3 Å². The molecule has 0 atom stereocenters. The number of amides is 2. The molecule has 0 aliphatic rings. The van der Waals surface area contributed by atoms with Gasteiger partial charge < -0.3 is 0 Å². The van der Waals surface area contributed by atoms with E-state index in [4.69, 9.17) is 5.21 Å². The molecular formula is C5H7N5O2S2. The van der Waals surface area contributed by atoms with Crippen LogP contribution in [0, 0.1) is 0 Å². The van der Waals surface area contributed by atoms with Crippen LogP contribution in [0.5, 0.6) is 0 Å². The highest BCUT2D eigenvalue weighted by Gasteiger charge is 2.08. The van der Waals surface area contributed by atoms with Gasteiger partial charge in [0, 0.05) is 7.05 Å². The Morgan fingerprint density at radius 2 is 1.86 bits per heavy atom. The molecule has 1 aromatic rings. The van der Waals surface area contributed by atoms with Crippen LogP contribution in [0.1, 0.15) is 0 Å². The summed E-state index contributed by atoms with van der Waals surface area (Å²) in [6, 6.07) is -0.767. The van der Waals surface area contributed by atoms with Gasteiger partial charge in [0.1, 0.15) is 0 Å². The van der Waals surface area contributed by atoms with E-state index in [0.29, 0.717) is 5.06 Å². The van der Waals surface area contributed by atoms with Gasteiger partial charge in [0.15, 0.2) is 10.3 Å². The standard InChI is InChI=1S/C5H7N5O2S2/c1-10(12)5(11)8-2-6-3(13)9-4(14)7-2/h12H,1H3,(H3,6,7,8,9,11,13,14). The summed E-state index contributed by atoms with van der Waals surface area (Å²) in [5.41, 5.74) is 0. The van der Waals surface area contributed by atoms with Crippen molar-refractivity contribution in [1.29, 1.82) is 0 Å². The zero-order chi connectivity index (χ0) is 10.7. The number of aromatic nitrogens is 3. The van der Waals surface area contributed by atoms with Crippen LogP contribution in [0.15, 0.2) is 10.3 Å². The SMILES string of the molecule is CN(O)C(=O)Nc1nc(S)nc(S)n1. The van der Waals surface area contributed by atoms with Crippen molar-refractivity contribution in [3.05, 3.63) is 0 Å². The molecule has 7 nitrogen and oxygen atoms in total. The molecule has 0 saturated carbocycles. The molecular weight excluding hydrogens is 226 g/mol. The Hall–Kier alpha value is -1.06. The Kier molecular flexibility index (Phi) is 3.49. The number of carbonyl (C=O) groups is 1. The molecule has 0 aliphatic carbocycles. The fraction of sp³-hybridized carbons (Fsp3) is 0.200. The normalized spacial score (nSPS) is 9.71. The molecule has 2 N–H and O–H groups in total. The van der Waals surface area contributed by atoms with Crippen molar-refractivity contribution in [3.8, 4) is 0 Å². The molecule has 1 heterocycles. The van der Waals surface area contributed by atoms with Crippen LogP contribution in [0.4, 0.5) is 10.7 Å². The van der Waals surface area contributed by atoms with E-state index in [9.17, 15) is 4.79 Å². The summed E-state index contributed by atoms with van der Waals surface area (Å²) in [7, 11) is 1.17. The topological polar surface area (TPSA) is 91.2 Å². The number of nitrogens with zero attached hydrogens (tertiary/aromatic N) is 4. The maximum Gasteiger partial charge on any atom is 0.347 e. The molecule has 2 amide bonds. The second-order valence-corrected chi connectivity index (χ2v) is 3.01. The Balaban J connectivity index is 2.82. The van der Waals surface area contributed by atoms with Gasteiger partial charge in [-0.2, -0.15) is 15.0 Å². The van der Waals surface area contributed by atoms with Gasteiger partial charge in [0.2, 0.25) is 5.95 Å². The lowest BCUT2D eigenvalue weighted by Gasteiger charge is -2.08. The van der Waals surface area contributed by atoms with Crippen LogP contribution >= 0.6 is 25.3 Å². The third-order valence-electron chi connectivity index (χ3n) is 1.12. The molecule has 76 valence electrons. The number of hydroxylamine groups is 2.